The van der Waals surface area contributed by atoms with Crippen molar-refractivity contribution in [2.24, 2.45) is 40.4 Å². The molecule has 0 radical (unpaired) electrons. The number of ether oxygens (including phenoxy) is 5. The number of methoxy groups -OCH3 is 1. The second-order valence-corrected chi connectivity index (χ2v) is 14.6. The number of rotatable bonds is 15. The molecular formula is C37H56O7. The normalized spacial score (nSPS) is 34.4. The maximum Gasteiger partial charge on any atom is 0.332 e. The Hall–Kier alpha value is -1.96. The van der Waals surface area contributed by atoms with Gasteiger partial charge in [-0.05, 0) is 117 Å². The van der Waals surface area contributed by atoms with E-state index in [1.165, 1.54) is 38.5 Å². The standard InChI is InChI=1S/C37H56O7/c1-36-19-17-33-31(32(36)15-13-28(36)10-7-11-34(38)43-25-27-8-5-4-6-9-27)14-12-29-24-30(16-18-37(29,33)2)44-35(39)26-42-23-22-41-21-20-40-3/h4-6,8-9,28-33H,7,10-26H2,1-3H3. The van der Waals surface area contributed by atoms with Gasteiger partial charge in [-0.15, -0.1) is 0 Å². The third-order valence-electron chi connectivity index (χ3n) is 12.3. The van der Waals surface area contributed by atoms with Gasteiger partial charge in [-0.2, -0.15) is 0 Å². The van der Waals surface area contributed by atoms with Crippen molar-refractivity contribution in [3.63, 3.8) is 0 Å². The molecule has 1 aromatic rings. The first-order valence-electron chi connectivity index (χ1n) is 17.4. The maximum absolute atomic E-state index is 12.5. The van der Waals surface area contributed by atoms with Crippen molar-refractivity contribution in [3.8, 4) is 0 Å². The Morgan fingerprint density at radius 2 is 1.57 bits per heavy atom. The van der Waals surface area contributed by atoms with Crippen molar-refractivity contribution < 1.29 is 33.3 Å². The van der Waals surface area contributed by atoms with E-state index in [-0.39, 0.29) is 24.6 Å². The molecule has 5 rings (SSSR count). The van der Waals surface area contributed by atoms with Crippen LogP contribution >= 0.6 is 0 Å². The molecule has 7 nitrogen and oxygen atoms in total. The lowest BCUT2D eigenvalue weighted by Gasteiger charge is -2.61. The molecule has 0 aliphatic heterocycles. The highest BCUT2D eigenvalue weighted by Crippen LogP contribution is 2.68. The smallest absolute Gasteiger partial charge is 0.332 e. The number of hydrogen-bond donors (Lipinski definition) is 0. The molecule has 0 amide bonds. The first kappa shape index (κ1) is 33.4. The average molecular weight is 613 g/mol. The minimum Gasteiger partial charge on any atom is -0.461 e. The van der Waals surface area contributed by atoms with Crippen molar-refractivity contribution >= 4 is 11.9 Å². The Balaban J connectivity index is 1.05. The van der Waals surface area contributed by atoms with Crippen molar-refractivity contribution in [1.29, 1.82) is 0 Å². The quantitative estimate of drug-likeness (QED) is 0.154. The first-order valence-corrected chi connectivity index (χ1v) is 17.4. The predicted molar refractivity (Wildman–Crippen MR) is 169 cm³/mol. The minimum absolute atomic E-state index is 0.00687. The Morgan fingerprint density at radius 1 is 0.818 bits per heavy atom. The third kappa shape index (κ3) is 7.87. The molecule has 0 spiro atoms. The van der Waals surface area contributed by atoms with Gasteiger partial charge in [0.25, 0.3) is 0 Å². The van der Waals surface area contributed by atoms with E-state index in [0.29, 0.717) is 56.2 Å². The highest BCUT2D eigenvalue weighted by Gasteiger charge is 2.60. The lowest BCUT2D eigenvalue weighted by atomic mass is 9.44. The molecule has 8 atom stereocenters. The van der Waals surface area contributed by atoms with Crippen LogP contribution in [0.2, 0.25) is 0 Å². The van der Waals surface area contributed by atoms with Crippen LogP contribution in [0.15, 0.2) is 30.3 Å². The predicted octanol–water partition coefficient (Wildman–Crippen LogP) is 7.15. The Morgan fingerprint density at radius 3 is 2.39 bits per heavy atom. The van der Waals surface area contributed by atoms with Crippen LogP contribution < -0.4 is 0 Å². The summed E-state index contributed by atoms with van der Waals surface area (Å²) in [4.78, 5) is 24.9. The largest absolute Gasteiger partial charge is 0.461 e. The van der Waals surface area contributed by atoms with Crippen LogP contribution in [0.25, 0.3) is 0 Å². The number of hydrogen-bond acceptors (Lipinski definition) is 7. The highest BCUT2D eigenvalue weighted by molar-refractivity contribution is 5.71. The van der Waals surface area contributed by atoms with E-state index < -0.39 is 0 Å². The molecule has 0 saturated heterocycles. The molecule has 4 aliphatic rings. The summed E-state index contributed by atoms with van der Waals surface area (Å²) in [7, 11) is 1.64. The molecular weight excluding hydrogens is 556 g/mol. The fourth-order valence-corrected chi connectivity index (χ4v) is 9.95. The van der Waals surface area contributed by atoms with Crippen LogP contribution in [0.5, 0.6) is 0 Å². The molecule has 0 heterocycles. The maximum atomic E-state index is 12.5. The van der Waals surface area contributed by atoms with E-state index in [9.17, 15) is 9.59 Å². The van der Waals surface area contributed by atoms with E-state index in [1.807, 2.05) is 30.3 Å². The lowest BCUT2D eigenvalue weighted by molar-refractivity contribution is -0.167. The molecule has 8 unspecified atom stereocenters. The first-order chi connectivity index (χ1) is 21.3. The number of carbonyl (C=O) groups excluding carboxylic acids is 2. The van der Waals surface area contributed by atoms with Crippen molar-refractivity contribution in [2.75, 3.05) is 40.1 Å². The minimum atomic E-state index is -0.251. The molecule has 1 aromatic carbocycles. The molecule has 246 valence electrons. The third-order valence-corrected chi connectivity index (χ3v) is 12.3. The average Bonchev–Trinajstić information content (AvgIpc) is 3.36. The fraction of sp³-hybridized carbons (Fsp3) is 0.784. The highest BCUT2D eigenvalue weighted by atomic mass is 16.6. The van der Waals surface area contributed by atoms with Crippen molar-refractivity contribution in [1.82, 2.24) is 0 Å². The van der Waals surface area contributed by atoms with Gasteiger partial charge in [-0.25, -0.2) is 4.79 Å². The molecule has 4 aliphatic carbocycles. The van der Waals surface area contributed by atoms with Crippen LogP contribution in [0.1, 0.15) is 96.5 Å². The van der Waals surface area contributed by atoms with Gasteiger partial charge < -0.3 is 23.7 Å². The van der Waals surface area contributed by atoms with Gasteiger partial charge in [0.15, 0.2) is 0 Å². The van der Waals surface area contributed by atoms with Crippen LogP contribution in [-0.2, 0) is 39.9 Å². The topological polar surface area (TPSA) is 80.3 Å². The van der Waals surface area contributed by atoms with Gasteiger partial charge in [0, 0.05) is 13.5 Å². The summed E-state index contributed by atoms with van der Waals surface area (Å²) < 4.78 is 27.3. The molecule has 0 aromatic heterocycles. The number of fused-ring (bicyclic) bond motifs is 5. The number of carbonyl (C=O) groups is 2. The molecule has 4 saturated carbocycles. The van der Waals surface area contributed by atoms with Gasteiger partial charge in [-0.1, -0.05) is 44.2 Å². The van der Waals surface area contributed by atoms with Crippen molar-refractivity contribution in [2.45, 2.75) is 104 Å². The zero-order valence-electron chi connectivity index (χ0n) is 27.4. The van der Waals surface area contributed by atoms with Crippen LogP contribution in [0, 0.1) is 40.4 Å². The van der Waals surface area contributed by atoms with Crippen LogP contribution in [0.3, 0.4) is 0 Å². The van der Waals surface area contributed by atoms with E-state index >= 15 is 0 Å². The van der Waals surface area contributed by atoms with Gasteiger partial charge in [0.1, 0.15) is 19.3 Å². The molecule has 0 bridgehead atoms. The fourth-order valence-electron chi connectivity index (χ4n) is 9.95. The molecule has 4 fully saturated rings. The summed E-state index contributed by atoms with van der Waals surface area (Å²) >= 11 is 0. The lowest BCUT2D eigenvalue weighted by Crippen LogP contribution is -2.54. The summed E-state index contributed by atoms with van der Waals surface area (Å²) in [5.74, 6) is 3.43. The summed E-state index contributed by atoms with van der Waals surface area (Å²) in [6, 6.07) is 9.94. The zero-order chi connectivity index (χ0) is 31.0. The Bertz CT molecular complexity index is 1060. The monoisotopic (exact) mass is 612 g/mol. The zero-order valence-corrected chi connectivity index (χ0v) is 27.4. The summed E-state index contributed by atoms with van der Waals surface area (Å²) in [5, 5.41) is 0. The second kappa shape index (κ2) is 15.6. The SMILES string of the molecule is COCCOCCOCC(=O)OC1CCC2(C)C(CCC3C4CCC(CCCC(=O)OCc5ccccc5)C4(C)CCC32)C1. The summed E-state index contributed by atoms with van der Waals surface area (Å²) in [6.07, 6.45) is 13.6. The van der Waals surface area contributed by atoms with E-state index in [1.54, 1.807) is 7.11 Å². The van der Waals surface area contributed by atoms with Gasteiger partial charge in [0.2, 0.25) is 0 Å². The van der Waals surface area contributed by atoms with E-state index in [2.05, 4.69) is 13.8 Å². The Labute approximate surface area is 265 Å². The van der Waals surface area contributed by atoms with Gasteiger partial charge in [0.05, 0.1) is 26.4 Å². The van der Waals surface area contributed by atoms with Gasteiger partial charge in [-0.3, -0.25) is 4.79 Å². The molecule has 44 heavy (non-hydrogen) atoms. The molecule has 7 heteroatoms. The Kier molecular flexibility index (Phi) is 11.8. The van der Waals surface area contributed by atoms with Gasteiger partial charge >= 0.3 is 11.9 Å². The van der Waals surface area contributed by atoms with Crippen LogP contribution in [0.4, 0.5) is 0 Å². The van der Waals surface area contributed by atoms with Crippen molar-refractivity contribution in [3.05, 3.63) is 35.9 Å². The van der Waals surface area contributed by atoms with E-state index in [4.69, 9.17) is 23.7 Å². The summed E-state index contributed by atoms with van der Waals surface area (Å²) in [5.41, 5.74) is 1.80. The number of benzene rings is 1. The van der Waals surface area contributed by atoms with E-state index in [0.717, 1.165) is 61.3 Å². The van der Waals surface area contributed by atoms with Crippen LogP contribution in [-0.4, -0.2) is 58.2 Å². The summed E-state index contributed by atoms with van der Waals surface area (Å²) in [6.45, 7) is 7.43. The second-order valence-electron chi connectivity index (χ2n) is 14.6. The number of esters is 2. The molecule has 0 N–H and O–H groups in total.